The van der Waals surface area contributed by atoms with E-state index < -0.39 is 11.9 Å². The Kier molecular flexibility index (Phi) is 11.9. The van der Waals surface area contributed by atoms with Gasteiger partial charge in [0.2, 0.25) is 5.91 Å². The number of carbonyl (C=O) groups is 4. The van der Waals surface area contributed by atoms with Crippen LogP contribution in [0.1, 0.15) is 64.4 Å². The van der Waals surface area contributed by atoms with Crippen molar-refractivity contribution in [3.05, 3.63) is 82.9 Å². The number of piperazine rings is 1. The van der Waals surface area contributed by atoms with Crippen LogP contribution in [0.5, 0.6) is 11.5 Å². The Morgan fingerprint density at radius 2 is 1.61 bits per heavy atom. The first-order valence-electron chi connectivity index (χ1n) is 15.7. The van der Waals surface area contributed by atoms with Crippen LogP contribution in [0.15, 0.2) is 60.7 Å². The van der Waals surface area contributed by atoms with E-state index in [1.807, 2.05) is 36.9 Å². The zero-order valence-corrected chi connectivity index (χ0v) is 27.4. The molecule has 3 aromatic rings. The Morgan fingerprint density at radius 1 is 0.870 bits per heavy atom. The second kappa shape index (κ2) is 16.0. The van der Waals surface area contributed by atoms with Crippen LogP contribution in [0, 0.1) is 13.8 Å². The highest BCUT2D eigenvalue weighted by Crippen LogP contribution is 2.31. The molecule has 0 unspecified atom stereocenters. The second-order valence-electron chi connectivity index (χ2n) is 11.8. The van der Waals surface area contributed by atoms with Crippen molar-refractivity contribution in [1.29, 1.82) is 0 Å². The lowest BCUT2D eigenvalue weighted by molar-refractivity contribution is -0.133. The highest BCUT2D eigenvalue weighted by Gasteiger charge is 2.21. The minimum absolute atomic E-state index is 0.172. The minimum atomic E-state index is -0.518. The third-order valence-electron chi connectivity index (χ3n) is 8.04. The highest BCUT2D eigenvalue weighted by atomic mass is 16.5. The maximum atomic E-state index is 13.6. The van der Waals surface area contributed by atoms with E-state index in [4.69, 9.17) is 9.47 Å². The fraction of sp³-hybridized carbons (Fsp3) is 0.389. The first kappa shape index (κ1) is 34.2. The van der Waals surface area contributed by atoms with E-state index in [0.29, 0.717) is 41.3 Å². The number of esters is 1. The summed E-state index contributed by atoms with van der Waals surface area (Å²) in [5, 5.41) is 2.85. The van der Waals surface area contributed by atoms with Gasteiger partial charge in [0.05, 0.1) is 17.9 Å². The molecule has 10 heteroatoms. The number of unbranched alkanes of at least 4 members (excludes halogenated alkanes) is 2. The van der Waals surface area contributed by atoms with E-state index in [0.717, 1.165) is 51.0 Å². The van der Waals surface area contributed by atoms with Crippen molar-refractivity contribution in [2.75, 3.05) is 57.1 Å². The van der Waals surface area contributed by atoms with Crippen LogP contribution in [0.4, 0.5) is 11.4 Å². The smallest absolute Gasteiger partial charge is 0.308 e. The molecule has 1 fully saturated rings. The summed E-state index contributed by atoms with van der Waals surface area (Å²) < 4.78 is 11.3. The van der Waals surface area contributed by atoms with E-state index >= 15 is 0 Å². The summed E-state index contributed by atoms with van der Waals surface area (Å²) in [4.78, 5) is 56.2. The number of para-hydroxylation sites is 1. The van der Waals surface area contributed by atoms with Crippen LogP contribution in [0.25, 0.3) is 0 Å². The molecule has 0 aliphatic carbocycles. The molecule has 0 radical (unpaired) electrons. The van der Waals surface area contributed by atoms with Crippen molar-refractivity contribution >= 4 is 35.1 Å². The van der Waals surface area contributed by atoms with Crippen molar-refractivity contribution in [2.45, 2.75) is 46.5 Å². The van der Waals surface area contributed by atoms with Gasteiger partial charge in [0.1, 0.15) is 11.5 Å². The number of nitrogens with zero attached hydrogens (tertiary/aromatic N) is 3. The van der Waals surface area contributed by atoms with Crippen LogP contribution in [-0.4, -0.2) is 80.4 Å². The topological polar surface area (TPSA) is 108 Å². The molecule has 3 aromatic carbocycles. The first-order valence-corrected chi connectivity index (χ1v) is 15.7. The Labute approximate surface area is 271 Å². The van der Waals surface area contributed by atoms with E-state index in [-0.39, 0.29) is 23.1 Å². The fourth-order valence-electron chi connectivity index (χ4n) is 5.29. The molecule has 0 atom stereocenters. The fourth-order valence-corrected chi connectivity index (χ4v) is 5.29. The van der Waals surface area contributed by atoms with Gasteiger partial charge in [0.15, 0.2) is 0 Å². The van der Waals surface area contributed by atoms with E-state index in [9.17, 15) is 19.2 Å². The average molecular weight is 629 g/mol. The summed E-state index contributed by atoms with van der Waals surface area (Å²) in [6, 6.07) is 17.3. The van der Waals surface area contributed by atoms with Gasteiger partial charge < -0.3 is 29.5 Å². The summed E-state index contributed by atoms with van der Waals surface area (Å²) in [6.07, 6.45) is 3.06. The van der Waals surface area contributed by atoms with Gasteiger partial charge in [-0.05, 0) is 93.7 Å². The van der Waals surface area contributed by atoms with Crippen LogP contribution in [-0.2, 0) is 9.59 Å². The molecule has 244 valence electrons. The van der Waals surface area contributed by atoms with Gasteiger partial charge in [0.25, 0.3) is 11.8 Å². The molecular weight excluding hydrogens is 584 g/mol. The van der Waals surface area contributed by atoms with Crippen LogP contribution >= 0.6 is 0 Å². The molecule has 4 rings (SSSR count). The number of likely N-dealkylation sites (N-methyl/N-ethyl adjacent to an activating group) is 1. The third kappa shape index (κ3) is 9.17. The molecule has 1 saturated heterocycles. The quantitative estimate of drug-likeness (QED) is 0.161. The number of ether oxygens (including phenoxy) is 2. The normalized spacial score (nSPS) is 13.2. The van der Waals surface area contributed by atoms with Gasteiger partial charge in [-0.2, -0.15) is 0 Å². The van der Waals surface area contributed by atoms with Gasteiger partial charge in [-0.15, -0.1) is 0 Å². The number of benzene rings is 3. The summed E-state index contributed by atoms with van der Waals surface area (Å²) in [5.74, 6) is -0.153. The number of carbonyl (C=O) groups excluding carboxylic acids is 4. The molecule has 0 bridgehead atoms. The molecular formula is C36H44N4O6. The molecule has 3 amide bonds. The van der Waals surface area contributed by atoms with Crippen LogP contribution < -0.4 is 19.7 Å². The Bertz CT molecular complexity index is 1560. The maximum Gasteiger partial charge on any atom is 0.308 e. The average Bonchev–Trinajstić information content (AvgIpc) is 3.03. The van der Waals surface area contributed by atoms with Crippen molar-refractivity contribution < 1.29 is 28.7 Å². The minimum Gasteiger partial charge on any atom is -0.491 e. The standard InChI is InChI=1S/C36H44N4O6/c1-25-14-17-31(33(23-25)45-22-10-6-7-13-34(42)40-20-18-38(4)19-21-40)39(5)36(44)28-15-16-30(26(2)24-28)37-35(43)29-11-8-9-12-32(29)46-27(3)41/h8-9,11-12,14-17,23-24H,6-7,10,13,18-22H2,1-5H3,(H,37,43). The van der Waals surface area contributed by atoms with Crippen molar-refractivity contribution in [3.8, 4) is 11.5 Å². The molecule has 1 heterocycles. The Balaban J connectivity index is 1.33. The number of aryl methyl sites for hydroxylation is 2. The van der Waals surface area contributed by atoms with Gasteiger partial charge in [0, 0.05) is 57.8 Å². The van der Waals surface area contributed by atoms with Gasteiger partial charge in [-0.25, -0.2) is 0 Å². The molecule has 0 aromatic heterocycles. The summed E-state index contributed by atoms with van der Waals surface area (Å²) in [6.45, 7) is 8.99. The van der Waals surface area contributed by atoms with Crippen molar-refractivity contribution in [1.82, 2.24) is 9.80 Å². The lowest BCUT2D eigenvalue weighted by Gasteiger charge is -2.32. The molecule has 0 saturated carbocycles. The zero-order valence-electron chi connectivity index (χ0n) is 27.4. The van der Waals surface area contributed by atoms with Gasteiger partial charge in [-0.1, -0.05) is 18.2 Å². The zero-order chi connectivity index (χ0) is 33.2. The summed E-state index contributed by atoms with van der Waals surface area (Å²) in [7, 11) is 3.79. The largest absolute Gasteiger partial charge is 0.491 e. The predicted octanol–water partition coefficient (Wildman–Crippen LogP) is 5.47. The third-order valence-corrected chi connectivity index (χ3v) is 8.04. The number of hydrogen-bond donors (Lipinski definition) is 1. The number of anilines is 2. The lowest BCUT2D eigenvalue weighted by Crippen LogP contribution is -2.47. The Hall–Kier alpha value is -4.70. The molecule has 1 aliphatic rings. The molecule has 1 aliphatic heterocycles. The van der Waals surface area contributed by atoms with Crippen LogP contribution in [0.2, 0.25) is 0 Å². The van der Waals surface area contributed by atoms with Crippen LogP contribution in [0.3, 0.4) is 0 Å². The molecule has 46 heavy (non-hydrogen) atoms. The second-order valence-corrected chi connectivity index (χ2v) is 11.8. The van der Waals surface area contributed by atoms with E-state index in [1.54, 1.807) is 54.4 Å². The van der Waals surface area contributed by atoms with Gasteiger partial charge >= 0.3 is 5.97 Å². The molecule has 0 spiro atoms. The Morgan fingerprint density at radius 3 is 2.33 bits per heavy atom. The number of amides is 3. The number of nitrogens with one attached hydrogen (secondary N) is 1. The highest BCUT2D eigenvalue weighted by molar-refractivity contribution is 6.09. The number of rotatable bonds is 12. The molecule has 1 N–H and O–H groups in total. The summed E-state index contributed by atoms with van der Waals surface area (Å²) >= 11 is 0. The van der Waals surface area contributed by atoms with Crippen molar-refractivity contribution in [2.24, 2.45) is 0 Å². The summed E-state index contributed by atoms with van der Waals surface area (Å²) in [5.41, 5.74) is 3.58. The van der Waals surface area contributed by atoms with Gasteiger partial charge in [-0.3, -0.25) is 19.2 Å². The predicted molar refractivity (Wildman–Crippen MR) is 179 cm³/mol. The molecule has 10 nitrogen and oxygen atoms in total. The maximum absolute atomic E-state index is 13.6. The first-order chi connectivity index (χ1) is 22.0. The van der Waals surface area contributed by atoms with E-state index in [1.165, 1.54) is 6.92 Å². The monoisotopic (exact) mass is 628 g/mol. The SMILES string of the molecule is CC(=O)Oc1ccccc1C(=O)Nc1ccc(C(=O)N(C)c2ccc(C)cc2OCCCCCC(=O)N2CCN(C)CC2)cc1C. The van der Waals surface area contributed by atoms with E-state index in [2.05, 4.69) is 17.3 Å². The lowest BCUT2D eigenvalue weighted by atomic mass is 10.1. The number of hydrogen-bond acceptors (Lipinski definition) is 7. The van der Waals surface area contributed by atoms with Crippen molar-refractivity contribution in [3.63, 3.8) is 0 Å².